The molecule has 3 atom stereocenters. The van der Waals surface area contributed by atoms with E-state index in [0.717, 1.165) is 18.0 Å². The van der Waals surface area contributed by atoms with Crippen molar-refractivity contribution in [2.24, 2.45) is 11.3 Å². The SMILES string of the molecule is CCC1CC1NC1CCC1(C)C. The van der Waals surface area contributed by atoms with Gasteiger partial charge in [-0.2, -0.15) is 0 Å². The van der Waals surface area contributed by atoms with E-state index in [9.17, 15) is 0 Å². The van der Waals surface area contributed by atoms with Crippen LogP contribution in [0.5, 0.6) is 0 Å². The molecule has 0 aliphatic heterocycles. The maximum Gasteiger partial charge on any atom is 0.0121 e. The number of hydrogen-bond donors (Lipinski definition) is 1. The van der Waals surface area contributed by atoms with Crippen molar-refractivity contribution in [3.8, 4) is 0 Å². The Hall–Kier alpha value is -0.0400. The van der Waals surface area contributed by atoms with Gasteiger partial charge in [0.2, 0.25) is 0 Å². The zero-order valence-electron chi connectivity index (χ0n) is 8.56. The molecule has 1 heteroatoms. The standard InChI is InChI=1S/C11H21N/c1-4-8-7-9(8)12-10-5-6-11(10,2)3/h8-10,12H,4-7H2,1-3H3. The summed E-state index contributed by atoms with van der Waals surface area (Å²) >= 11 is 0. The van der Waals surface area contributed by atoms with Crippen molar-refractivity contribution in [2.75, 3.05) is 0 Å². The molecule has 2 aliphatic rings. The predicted molar refractivity (Wildman–Crippen MR) is 52.1 cm³/mol. The molecule has 0 aromatic heterocycles. The van der Waals surface area contributed by atoms with E-state index < -0.39 is 0 Å². The fourth-order valence-electron chi connectivity index (χ4n) is 2.34. The molecule has 2 saturated carbocycles. The van der Waals surface area contributed by atoms with Gasteiger partial charge in [-0.15, -0.1) is 0 Å². The Morgan fingerprint density at radius 3 is 2.50 bits per heavy atom. The summed E-state index contributed by atoms with van der Waals surface area (Å²) < 4.78 is 0. The Morgan fingerprint density at radius 2 is 2.17 bits per heavy atom. The van der Waals surface area contributed by atoms with Crippen LogP contribution in [0.2, 0.25) is 0 Å². The number of nitrogens with one attached hydrogen (secondary N) is 1. The molecule has 0 aromatic carbocycles. The minimum atomic E-state index is 0.584. The molecule has 2 fully saturated rings. The average Bonchev–Trinajstić information content (AvgIpc) is 2.77. The van der Waals surface area contributed by atoms with Crippen molar-refractivity contribution >= 4 is 0 Å². The van der Waals surface area contributed by atoms with Gasteiger partial charge in [0.1, 0.15) is 0 Å². The number of rotatable bonds is 3. The summed E-state index contributed by atoms with van der Waals surface area (Å²) in [5.41, 5.74) is 0.584. The molecular weight excluding hydrogens is 146 g/mol. The Morgan fingerprint density at radius 1 is 1.42 bits per heavy atom. The van der Waals surface area contributed by atoms with Gasteiger partial charge in [-0.25, -0.2) is 0 Å². The van der Waals surface area contributed by atoms with E-state index in [1.807, 2.05) is 0 Å². The van der Waals surface area contributed by atoms with Crippen LogP contribution in [0.15, 0.2) is 0 Å². The van der Waals surface area contributed by atoms with Gasteiger partial charge >= 0.3 is 0 Å². The Labute approximate surface area is 75.9 Å². The van der Waals surface area contributed by atoms with Crippen LogP contribution < -0.4 is 5.32 Å². The van der Waals surface area contributed by atoms with Crippen LogP contribution in [0.4, 0.5) is 0 Å². The molecular formula is C11H21N. The second kappa shape index (κ2) is 2.73. The molecule has 0 aromatic rings. The zero-order chi connectivity index (χ0) is 8.77. The molecule has 0 spiro atoms. The van der Waals surface area contributed by atoms with Crippen molar-refractivity contribution < 1.29 is 0 Å². The molecule has 2 aliphatic carbocycles. The van der Waals surface area contributed by atoms with Gasteiger partial charge in [-0.05, 0) is 30.6 Å². The van der Waals surface area contributed by atoms with E-state index in [4.69, 9.17) is 0 Å². The normalized spacial score (nSPS) is 43.8. The maximum absolute atomic E-state index is 3.78. The highest BCUT2D eigenvalue weighted by Gasteiger charge is 2.44. The molecule has 1 N–H and O–H groups in total. The Balaban J connectivity index is 1.75. The highest BCUT2D eigenvalue weighted by Crippen LogP contribution is 2.43. The molecule has 70 valence electrons. The van der Waals surface area contributed by atoms with E-state index in [0.29, 0.717) is 5.41 Å². The fourth-order valence-corrected chi connectivity index (χ4v) is 2.34. The molecule has 3 unspecified atom stereocenters. The van der Waals surface area contributed by atoms with Gasteiger partial charge in [0, 0.05) is 12.1 Å². The van der Waals surface area contributed by atoms with E-state index >= 15 is 0 Å². The first kappa shape index (κ1) is 8.55. The molecule has 12 heavy (non-hydrogen) atoms. The van der Waals surface area contributed by atoms with Crippen LogP contribution in [-0.2, 0) is 0 Å². The third kappa shape index (κ3) is 1.39. The Bertz CT molecular complexity index is 174. The second-order valence-corrected chi connectivity index (χ2v) is 5.26. The molecule has 0 heterocycles. The summed E-state index contributed by atoms with van der Waals surface area (Å²) in [6.45, 7) is 7.08. The quantitative estimate of drug-likeness (QED) is 0.681. The summed E-state index contributed by atoms with van der Waals surface area (Å²) in [5.74, 6) is 1.00. The van der Waals surface area contributed by atoms with E-state index in [-0.39, 0.29) is 0 Å². The molecule has 0 bridgehead atoms. The molecule has 0 radical (unpaired) electrons. The van der Waals surface area contributed by atoms with Crippen molar-refractivity contribution in [1.29, 1.82) is 0 Å². The third-order valence-corrected chi connectivity index (χ3v) is 3.88. The van der Waals surface area contributed by atoms with Gasteiger partial charge in [-0.1, -0.05) is 27.2 Å². The van der Waals surface area contributed by atoms with Crippen molar-refractivity contribution in [3.05, 3.63) is 0 Å². The highest BCUT2D eigenvalue weighted by molar-refractivity contribution is 5.01. The summed E-state index contributed by atoms with van der Waals surface area (Å²) in [7, 11) is 0. The van der Waals surface area contributed by atoms with Crippen LogP contribution in [-0.4, -0.2) is 12.1 Å². The summed E-state index contributed by atoms with van der Waals surface area (Å²) in [4.78, 5) is 0. The first-order valence-electron chi connectivity index (χ1n) is 5.39. The lowest BCUT2D eigenvalue weighted by molar-refractivity contribution is 0.106. The molecule has 1 nitrogen and oxygen atoms in total. The average molecular weight is 167 g/mol. The smallest absolute Gasteiger partial charge is 0.0121 e. The predicted octanol–water partition coefficient (Wildman–Crippen LogP) is 2.56. The van der Waals surface area contributed by atoms with Crippen LogP contribution in [0, 0.1) is 11.3 Å². The van der Waals surface area contributed by atoms with Crippen molar-refractivity contribution in [1.82, 2.24) is 5.32 Å². The monoisotopic (exact) mass is 167 g/mol. The van der Waals surface area contributed by atoms with Crippen LogP contribution in [0.1, 0.15) is 46.5 Å². The minimum Gasteiger partial charge on any atom is -0.310 e. The van der Waals surface area contributed by atoms with Crippen LogP contribution in [0.25, 0.3) is 0 Å². The second-order valence-electron chi connectivity index (χ2n) is 5.26. The highest BCUT2D eigenvalue weighted by atomic mass is 15.0. The summed E-state index contributed by atoms with van der Waals surface area (Å²) in [6, 6.07) is 1.69. The minimum absolute atomic E-state index is 0.584. The van der Waals surface area contributed by atoms with Crippen LogP contribution >= 0.6 is 0 Å². The summed E-state index contributed by atoms with van der Waals surface area (Å²) in [5, 5.41) is 3.78. The lowest BCUT2D eigenvalue weighted by Gasteiger charge is -2.45. The Kier molecular flexibility index (Phi) is 1.95. The zero-order valence-corrected chi connectivity index (χ0v) is 8.56. The lowest BCUT2D eigenvalue weighted by Crippen LogP contribution is -2.51. The van der Waals surface area contributed by atoms with Gasteiger partial charge in [0.05, 0.1) is 0 Å². The largest absolute Gasteiger partial charge is 0.310 e. The lowest BCUT2D eigenvalue weighted by atomic mass is 9.67. The van der Waals surface area contributed by atoms with E-state index in [1.165, 1.54) is 25.7 Å². The first-order chi connectivity index (χ1) is 5.63. The topological polar surface area (TPSA) is 12.0 Å². The van der Waals surface area contributed by atoms with Crippen LogP contribution in [0.3, 0.4) is 0 Å². The first-order valence-corrected chi connectivity index (χ1v) is 5.39. The third-order valence-electron chi connectivity index (χ3n) is 3.88. The van der Waals surface area contributed by atoms with Crippen molar-refractivity contribution in [3.63, 3.8) is 0 Å². The van der Waals surface area contributed by atoms with Gasteiger partial charge in [0.25, 0.3) is 0 Å². The van der Waals surface area contributed by atoms with Gasteiger partial charge < -0.3 is 5.32 Å². The van der Waals surface area contributed by atoms with E-state index in [1.54, 1.807) is 0 Å². The summed E-state index contributed by atoms with van der Waals surface area (Å²) in [6.07, 6.45) is 5.61. The maximum atomic E-state index is 3.78. The van der Waals surface area contributed by atoms with E-state index in [2.05, 4.69) is 26.1 Å². The van der Waals surface area contributed by atoms with Gasteiger partial charge in [-0.3, -0.25) is 0 Å². The molecule has 2 rings (SSSR count). The number of hydrogen-bond acceptors (Lipinski definition) is 1. The van der Waals surface area contributed by atoms with Gasteiger partial charge in [0.15, 0.2) is 0 Å². The van der Waals surface area contributed by atoms with Crippen molar-refractivity contribution in [2.45, 2.75) is 58.5 Å². The molecule has 0 amide bonds. The fraction of sp³-hybridized carbons (Fsp3) is 1.00. The molecule has 0 saturated heterocycles.